The number of primary amides is 1. The molecule has 3 rings (SSSR count). The van der Waals surface area contributed by atoms with E-state index in [0.29, 0.717) is 45.1 Å². The van der Waals surface area contributed by atoms with Crippen molar-refractivity contribution < 1.29 is 82.4 Å². The third-order valence-electron chi connectivity index (χ3n) is 16.4. The number of nitrogens with zero attached hydrogens (tertiary/aromatic N) is 2. The van der Waals surface area contributed by atoms with Crippen molar-refractivity contribution in [3.05, 3.63) is 0 Å². The number of aliphatic carboxylic acids is 1. The number of amides is 13. The summed E-state index contributed by atoms with van der Waals surface area (Å²) in [6, 6.07) is -15.5. The lowest BCUT2D eigenvalue weighted by Crippen LogP contribution is -2.62. The molecule has 89 heavy (non-hydrogen) atoms. The number of rotatable bonds is 36. The van der Waals surface area contributed by atoms with Crippen LogP contribution in [0.25, 0.3) is 0 Å². The Balaban J connectivity index is 1.68. The van der Waals surface area contributed by atoms with Gasteiger partial charge in [0.25, 0.3) is 0 Å². The van der Waals surface area contributed by atoms with E-state index in [0.717, 1.165) is 6.42 Å². The van der Waals surface area contributed by atoms with Crippen LogP contribution in [0.1, 0.15) is 126 Å². The Morgan fingerprint density at radius 1 is 0.551 bits per heavy atom. The number of aliphatic hydroxyl groups is 2. The Labute approximate surface area is 529 Å². The molecule has 0 aromatic rings. The highest BCUT2D eigenvalue weighted by atomic mass is 32.1. The molecule has 0 bridgehead atoms. The lowest BCUT2D eigenvalue weighted by atomic mass is 9.96. The van der Waals surface area contributed by atoms with Gasteiger partial charge in [-0.05, 0) is 83.1 Å². The second-order valence-electron chi connectivity index (χ2n) is 23.0. The number of hydrogen-bond donors (Lipinski definition) is 17. The maximum atomic E-state index is 14.6. The fourth-order valence-electron chi connectivity index (χ4n) is 10.2. The van der Waals surface area contributed by atoms with Crippen LogP contribution >= 0.6 is 25.3 Å². The molecule has 16 N–H and O–H groups in total. The molecule has 0 aromatic heterocycles. The molecule has 3 aliphatic rings. The van der Waals surface area contributed by atoms with Gasteiger partial charge < -0.3 is 89.3 Å². The summed E-state index contributed by atoms with van der Waals surface area (Å²) in [6.07, 6.45) is 1.48. The van der Waals surface area contributed by atoms with Crippen molar-refractivity contribution in [3.8, 4) is 0 Å². The van der Waals surface area contributed by atoms with Gasteiger partial charge in [-0.3, -0.25) is 62.3 Å². The van der Waals surface area contributed by atoms with Gasteiger partial charge >= 0.3 is 5.97 Å². The van der Waals surface area contributed by atoms with Crippen molar-refractivity contribution in [3.63, 3.8) is 0 Å². The summed E-state index contributed by atoms with van der Waals surface area (Å²) < 4.78 is 0. The highest BCUT2D eigenvalue weighted by Gasteiger charge is 2.46. The SMILES string of the molecule is CC[C@H](C)[C@H](NC(=O)CNC(=O)[C@@H]1CCCN1)C(=O)N[C@@H](CS)C(=O)N[C@H](C(=O)N[C@@H](C)C(=O)N[C@@H](CO)C(=O)N[C@H](C(=O)N1CCC[C@H]1C(=O)N1CCC[C@H]1C(=O)N[C@H](C(=O)N[C@@H](CS)C(=O)N[C@@H](CCC(N)=O)C(=O)O)[C@@H](C)CC)[C@@H](C)CC)[C@@H](C)O. The first-order chi connectivity index (χ1) is 42.0. The molecule has 3 aliphatic heterocycles. The lowest BCUT2D eigenvalue weighted by Gasteiger charge is -2.35. The molecule has 0 aromatic carbocycles. The minimum Gasteiger partial charge on any atom is -0.480 e. The maximum Gasteiger partial charge on any atom is 0.326 e. The molecule has 13 amide bonds. The second-order valence-corrected chi connectivity index (χ2v) is 23.7. The molecular formula is C56H94N14O17S2. The minimum atomic E-state index is -1.72. The number of hydrogen-bond acceptors (Lipinski definition) is 19. The zero-order valence-electron chi connectivity index (χ0n) is 51.9. The van der Waals surface area contributed by atoms with E-state index in [1.807, 2.05) is 0 Å². The monoisotopic (exact) mass is 1300 g/mol. The maximum absolute atomic E-state index is 14.6. The van der Waals surface area contributed by atoms with E-state index in [4.69, 9.17) is 5.73 Å². The summed E-state index contributed by atoms with van der Waals surface area (Å²) in [6.45, 7) is 12.2. The lowest BCUT2D eigenvalue weighted by molar-refractivity contribution is -0.149. The van der Waals surface area contributed by atoms with Gasteiger partial charge in [-0.25, -0.2) is 4.79 Å². The van der Waals surface area contributed by atoms with E-state index in [1.165, 1.54) is 23.6 Å². The van der Waals surface area contributed by atoms with Gasteiger partial charge in [-0.2, -0.15) is 25.3 Å². The quantitative estimate of drug-likeness (QED) is 0.0261. The van der Waals surface area contributed by atoms with Gasteiger partial charge in [0, 0.05) is 31.0 Å². The van der Waals surface area contributed by atoms with Crippen LogP contribution in [-0.4, -0.2) is 231 Å². The highest BCUT2D eigenvalue weighted by Crippen LogP contribution is 2.27. The summed E-state index contributed by atoms with van der Waals surface area (Å²) in [5.74, 6) is -13.8. The van der Waals surface area contributed by atoms with Crippen molar-refractivity contribution in [2.24, 2.45) is 23.5 Å². The molecule has 0 unspecified atom stereocenters. The molecule has 31 nitrogen and oxygen atoms in total. The predicted octanol–water partition coefficient (Wildman–Crippen LogP) is -5.06. The van der Waals surface area contributed by atoms with Gasteiger partial charge in [-0.1, -0.05) is 60.8 Å². The third-order valence-corrected chi connectivity index (χ3v) is 17.1. The first-order valence-electron chi connectivity index (χ1n) is 30.4. The molecule has 33 heteroatoms. The van der Waals surface area contributed by atoms with E-state index >= 15 is 0 Å². The molecule has 0 spiro atoms. The Morgan fingerprint density at radius 2 is 1.03 bits per heavy atom. The molecule has 3 heterocycles. The molecule has 3 fully saturated rings. The van der Waals surface area contributed by atoms with Gasteiger partial charge in [-0.15, -0.1) is 0 Å². The van der Waals surface area contributed by atoms with Crippen LogP contribution in [0.15, 0.2) is 0 Å². The van der Waals surface area contributed by atoms with Crippen LogP contribution in [-0.2, 0) is 67.1 Å². The van der Waals surface area contributed by atoms with E-state index in [2.05, 4.69) is 83.7 Å². The summed E-state index contributed by atoms with van der Waals surface area (Å²) in [4.78, 5) is 189. The number of nitrogens with one attached hydrogen (secondary N) is 11. The fraction of sp³-hybridized carbons (Fsp3) is 0.750. The third kappa shape index (κ3) is 22.6. The Morgan fingerprint density at radius 3 is 1.54 bits per heavy atom. The van der Waals surface area contributed by atoms with E-state index in [1.54, 1.807) is 41.5 Å². The van der Waals surface area contributed by atoms with Gasteiger partial charge in [0.05, 0.1) is 25.3 Å². The molecule has 3 saturated heterocycles. The van der Waals surface area contributed by atoms with Crippen molar-refractivity contribution in [1.29, 1.82) is 0 Å². The van der Waals surface area contributed by atoms with Crippen molar-refractivity contribution >= 4 is 108 Å². The van der Waals surface area contributed by atoms with Crippen LogP contribution in [0.3, 0.4) is 0 Å². The van der Waals surface area contributed by atoms with E-state index in [9.17, 15) is 82.4 Å². The first kappa shape index (κ1) is 76.4. The number of nitrogens with two attached hydrogens (primary N) is 1. The minimum absolute atomic E-state index is 0.0898. The molecule has 502 valence electrons. The van der Waals surface area contributed by atoms with Gasteiger partial charge in [0.1, 0.15) is 66.5 Å². The Bertz CT molecular complexity index is 2530. The molecule has 0 aliphatic carbocycles. The number of carboxylic acids is 1. The normalized spacial score (nSPS) is 20.7. The molecular weight excluding hydrogens is 1200 g/mol. The average Bonchev–Trinajstić information content (AvgIpc) is 4.18. The number of carbonyl (C=O) groups excluding carboxylic acids is 13. The van der Waals surface area contributed by atoms with Crippen LogP contribution < -0.4 is 64.2 Å². The van der Waals surface area contributed by atoms with E-state index in [-0.39, 0.29) is 56.2 Å². The predicted molar refractivity (Wildman–Crippen MR) is 327 cm³/mol. The Hall–Kier alpha value is -6.84. The largest absolute Gasteiger partial charge is 0.480 e. The molecule has 16 atom stereocenters. The number of carboxylic acid groups (broad SMARTS) is 1. The van der Waals surface area contributed by atoms with Crippen LogP contribution in [0, 0.1) is 17.8 Å². The number of aliphatic hydroxyl groups excluding tert-OH is 2. The Kier molecular flexibility index (Phi) is 32.1. The highest BCUT2D eigenvalue weighted by molar-refractivity contribution is 7.80. The zero-order valence-corrected chi connectivity index (χ0v) is 53.7. The topological polar surface area (TPSA) is 464 Å². The molecule has 0 radical (unpaired) electrons. The second kappa shape index (κ2) is 37.4. The standard InChI is InChI=1S/C56H94N14O17S2/c1-9-27(4)41(65-40(74)23-59-46(76)32-15-12-20-58-32)51(81)64-36(26-89)49(79)68-44(31(8)72)53(83)60-30(7)45(75)62-34(24-71)47(77)67-43(29(6)11-3)55(85)70-22-14-17-38(70)54(84)69-21-13-16-37(69)50(80)66-42(28(5)10-2)52(82)63-35(25-88)48(78)61-33(56(86)87)18-19-39(57)73/h27-38,41-44,58,71-72,88-89H,9-26H2,1-8H3,(H2,57,73)(H,59,76)(H,60,83)(H,61,78)(H,62,75)(H,63,82)(H,64,81)(H,65,74)(H,66,80)(H,67,77)(H,68,79)(H,86,87)/t27-,28-,29-,30-,31+,32-,33-,34-,35-,36-,37-,38-,41-,42-,43-,44-/m0/s1. The molecule has 0 saturated carbocycles. The first-order valence-corrected chi connectivity index (χ1v) is 31.6. The van der Waals surface area contributed by atoms with Gasteiger partial charge in [0.15, 0.2) is 0 Å². The number of likely N-dealkylation sites (tertiary alicyclic amines) is 2. The van der Waals surface area contributed by atoms with Crippen molar-refractivity contribution in [1.82, 2.24) is 68.3 Å². The van der Waals surface area contributed by atoms with Crippen LogP contribution in [0.2, 0.25) is 0 Å². The smallest absolute Gasteiger partial charge is 0.326 e. The van der Waals surface area contributed by atoms with E-state index < -0.39 is 186 Å². The fourth-order valence-corrected chi connectivity index (χ4v) is 10.7. The van der Waals surface area contributed by atoms with Crippen molar-refractivity contribution in [2.75, 3.05) is 44.3 Å². The summed E-state index contributed by atoms with van der Waals surface area (Å²) in [5.41, 5.74) is 5.14. The van der Waals surface area contributed by atoms with Crippen LogP contribution in [0.5, 0.6) is 0 Å². The number of thiol groups is 2. The summed E-state index contributed by atoms with van der Waals surface area (Å²) >= 11 is 8.35. The number of carbonyl (C=O) groups is 14. The summed E-state index contributed by atoms with van der Waals surface area (Å²) in [5, 5.41) is 58.4. The summed E-state index contributed by atoms with van der Waals surface area (Å²) in [7, 11) is 0. The van der Waals surface area contributed by atoms with Crippen molar-refractivity contribution in [2.45, 2.75) is 205 Å². The van der Waals surface area contributed by atoms with Crippen LogP contribution in [0.4, 0.5) is 0 Å². The average molecular weight is 1300 g/mol. The zero-order chi connectivity index (χ0) is 67.0. The van der Waals surface area contributed by atoms with Gasteiger partial charge in [0.2, 0.25) is 76.8 Å².